The molecule has 1 saturated heterocycles. The van der Waals surface area contributed by atoms with Crippen molar-refractivity contribution in [2.75, 3.05) is 10.7 Å². The highest BCUT2D eigenvalue weighted by molar-refractivity contribution is 8.14. The third-order valence-electron chi connectivity index (χ3n) is 5.73. The van der Waals surface area contributed by atoms with E-state index in [2.05, 4.69) is 25.0 Å². The third kappa shape index (κ3) is 7.74. The van der Waals surface area contributed by atoms with Crippen LogP contribution < -0.4 is 14.4 Å². The Morgan fingerprint density at radius 2 is 1.67 bits per heavy atom. The van der Waals surface area contributed by atoms with Crippen molar-refractivity contribution < 1.29 is 36.2 Å². The number of aromatic nitrogens is 3. The van der Waals surface area contributed by atoms with Crippen molar-refractivity contribution in [2.24, 2.45) is 10.2 Å². The van der Waals surface area contributed by atoms with Gasteiger partial charge in [-0.25, -0.2) is 9.67 Å². The van der Waals surface area contributed by atoms with Gasteiger partial charge >= 0.3 is 12.5 Å². The molecule has 222 valence electrons. The SMILES string of the molecule is CC(F)(F)Oc1ccccc1N1C(=O)CCS/C1=N\N=C\c1ccc(-c2ncn(-c3ccc(OC(F)(F)F)cc3)n2)cc1. The molecule has 1 amide bonds. The van der Waals surface area contributed by atoms with Crippen molar-refractivity contribution in [1.29, 1.82) is 0 Å². The van der Waals surface area contributed by atoms with Crippen LogP contribution in [0.1, 0.15) is 18.9 Å². The molecule has 0 bridgehead atoms. The third-order valence-corrected chi connectivity index (χ3v) is 6.66. The Morgan fingerprint density at radius 3 is 2.37 bits per heavy atom. The van der Waals surface area contributed by atoms with Crippen LogP contribution in [0, 0.1) is 0 Å². The van der Waals surface area contributed by atoms with Crippen LogP contribution in [-0.4, -0.2) is 50.3 Å². The molecule has 0 atom stereocenters. The van der Waals surface area contributed by atoms with Gasteiger partial charge in [-0.3, -0.25) is 9.69 Å². The molecule has 3 aromatic carbocycles. The fourth-order valence-corrected chi connectivity index (χ4v) is 4.82. The molecule has 1 fully saturated rings. The smallest absolute Gasteiger partial charge is 0.431 e. The standard InChI is InChI=1S/C28H21F5N6O3S/c1-27(29,30)42-23-5-3-2-4-22(23)39-24(40)14-15-43-26(39)36-35-16-18-6-8-19(9-7-18)25-34-17-38(37-25)20-10-12-21(13-11-20)41-28(31,32)33/h2-13,16-17H,14-15H2,1H3/b35-16+,36-26-. The lowest BCUT2D eigenvalue weighted by Crippen LogP contribution is -2.39. The van der Waals surface area contributed by atoms with E-state index in [1.807, 2.05) is 0 Å². The summed E-state index contributed by atoms with van der Waals surface area (Å²) in [5.41, 5.74) is 1.96. The second-order valence-corrected chi connectivity index (χ2v) is 10.1. The van der Waals surface area contributed by atoms with Crippen molar-refractivity contribution in [1.82, 2.24) is 14.8 Å². The zero-order valence-corrected chi connectivity index (χ0v) is 23.0. The summed E-state index contributed by atoms with van der Waals surface area (Å²) >= 11 is 1.26. The number of hydrogen-bond donors (Lipinski definition) is 0. The molecule has 0 saturated carbocycles. The molecule has 1 aromatic heterocycles. The Balaban J connectivity index is 1.29. The van der Waals surface area contributed by atoms with Gasteiger partial charge in [-0.2, -0.15) is 13.9 Å². The summed E-state index contributed by atoms with van der Waals surface area (Å²) in [6, 6.07) is 18.2. The molecule has 1 aliphatic heterocycles. The quantitative estimate of drug-likeness (QED) is 0.125. The van der Waals surface area contributed by atoms with Gasteiger partial charge in [-0.15, -0.1) is 23.4 Å². The number of amidine groups is 1. The average Bonchev–Trinajstić information content (AvgIpc) is 3.43. The predicted molar refractivity (Wildman–Crippen MR) is 151 cm³/mol. The van der Waals surface area contributed by atoms with Gasteiger partial charge in [0.25, 0.3) is 0 Å². The molecule has 0 radical (unpaired) electrons. The van der Waals surface area contributed by atoms with Gasteiger partial charge in [0.05, 0.1) is 17.6 Å². The number of anilines is 1. The Bertz CT molecular complexity index is 1650. The molecule has 0 N–H and O–H groups in total. The molecule has 15 heteroatoms. The molecule has 0 spiro atoms. The number of carbonyl (C=O) groups is 1. The summed E-state index contributed by atoms with van der Waals surface area (Å²) in [6.45, 7) is 0.613. The van der Waals surface area contributed by atoms with E-state index < -0.39 is 12.5 Å². The van der Waals surface area contributed by atoms with E-state index in [9.17, 15) is 26.7 Å². The Morgan fingerprint density at radius 1 is 0.953 bits per heavy atom. The first-order valence-electron chi connectivity index (χ1n) is 12.6. The maximum absolute atomic E-state index is 13.6. The van der Waals surface area contributed by atoms with E-state index in [4.69, 9.17) is 4.74 Å². The highest BCUT2D eigenvalue weighted by Crippen LogP contribution is 2.36. The van der Waals surface area contributed by atoms with Crippen molar-refractivity contribution >= 4 is 34.7 Å². The van der Waals surface area contributed by atoms with Gasteiger partial charge in [-0.1, -0.05) is 48.2 Å². The number of benzene rings is 3. The summed E-state index contributed by atoms with van der Waals surface area (Å²) in [4.78, 5) is 18.2. The van der Waals surface area contributed by atoms with Crippen LogP contribution in [0.5, 0.6) is 11.5 Å². The average molecular weight is 617 g/mol. The maximum atomic E-state index is 13.6. The van der Waals surface area contributed by atoms with Gasteiger partial charge in [0.2, 0.25) is 5.91 Å². The first kappa shape index (κ1) is 29.7. The number of rotatable bonds is 8. The molecule has 1 aliphatic rings. The topological polar surface area (TPSA) is 94.2 Å². The Labute approximate surface area is 245 Å². The minimum absolute atomic E-state index is 0.136. The van der Waals surface area contributed by atoms with E-state index >= 15 is 0 Å². The normalized spacial score (nSPS) is 15.3. The fourth-order valence-electron chi connectivity index (χ4n) is 3.93. The van der Waals surface area contributed by atoms with Crippen LogP contribution in [-0.2, 0) is 4.79 Å². The number of carbonyl (C=O) groups excluding carboxylic acids is 1. The van der Waals surface area contributed by atoms with Gasteiger partial charge in [0.1, 0.15) is 12.1 Å². The monoisotopic (exact) mass is 616 g/mol. The minimum atomic E-state index is -4.78. The van der Waals surface area contributed by atoms with Gasteiger partial charge in [0.15, 0.2) is 16.7 Å². The highest BCUT2D eigenvalue weighted by atomic mass is 32.2. The zero-order valence-electron chi connectivity index (χ0n) is 22.2. The fraction of sp³-hybridized carbons (Fsp3) is 0.179. The number of hydrogen-bond acceptors (Lipinski definition) is 8. The second-order valence-electron chi connectivity index (χ2n) is 9.01. The highest BCUT2D eigenvalue weighted by Gasteiger charge is 2.32. The molecular weight excluding hydrogens is 595 g/mol. The summed E-state index contributed by atoms with van der Waals surface area (Å²) in [5.74, 6) is -0.00564. The number of alkyl halides is 5. The Kier molecular flexibility index (Phi) is 8.43. The summed E-state index contributed by atoms with van der Waals surface area (Å²) < 4.78 is 74.4. The van der Waals surface area contributed by atoms with Crippen LogP contribution in [0.4, 0.5) is 27.6 Å². The summed E-state index contributed by atoms with van der Waals surface area (Å²) in [7, 11) is 0. The van der Waals surface area contributed by atoms with E-state index in [-0.39, 0.29) is 34.7 Å². The van der Waals surface area contributed by atoms with Crippen LogP contribution in [0.25, 0.3) is 17.1 Å². The van der Waals surface area contributed by atoms with Crippen molar-refractivity contribution in [2.45, 2.75) is 25.8 Å². The first-order chi connectivity index (χ1) is 20.4. The number of halogens is 5. The zero-order chi connectivity index (χ0) is 30.6. The molecule has 43 heavy (non-hydrogen) atoms. The van der Waals surface area contributed by atoms with E-state index in [1.165, 1.54) is 76.4 Å². The molecule has 0 aliphatic carbocycles. The lowest BCUT2D eigenvalue weighted by atomic mass is 10.1. The molecule has 9 nitrogen and oxygen atoms in total. The summed E-state index contributed by atoms with van der Waals surface area (Å²) in [5, 5.41) is 12.9. The van der Waals surface area contributed by atoms with Crippen LogP contribution >= 0.6 is 11.8 Å². The molecule has 5 rings (SSSR count). The van der Waals surface area contributed by atoms with Crippen LogP contribution in [0.15, 0.2) is 89.3 Å². The maximum Gasteiger partial charge on any atom is 0.573 e. The molecule has 2 heterocycles. The van der Waals surface area contributed by atoms with Crippen molar-refractivity contribution in [3.05, 3.63) is 84.7 Å². The number of amides is 1. The second kappa shape index (κ2) is 12.2. The Hall–Kier alpha value is -4.79. The molecule has 0 unspecified atom stereocenters. The van der Waals surface area contributed by atoms with E-state index in [1.54, 1.807) is 30.3 Å². The lowest BCUT2D eigenvalue weighted by Gasteiger charge is -2.29. The first-order valence-corrected chi connectivity index (χ1v) is 13.5. The predicted octanol–water partition coefficient (Wildman–Crippen LogP) is 6.68. The van der Waals surface area contributed by atoms with Crippen molar-refractivity contribution in [3.63, 3.8) is 0 Å². The van der Waals surface area contributed by atoms with Crippen LogP contribution in [0.3, 0.4) is 0 Å². The number of thioether (sulfide) groups is 1. The number of nitrogens with zero attached hydrogens (tertiary/aromatic N) is 6. The van der Waals surface area contributed by atoms with Crippen molar-refractivity contribution in [3.8, 4) is 28.6 Å². The largest absolute Gasteiger partial charge is 0.573 e. The van der Waals surface area contributed by atoms with Crippen LogP contribution in [0.2, 0.25) is 0 Å². The number of ether oxygens (including phenoxy) is 2. The van der Waals surface area contributed by atoms with E-state index in [0.29, 0.717) is 35.3 Å². The molecule has 4 aromatic rings. The summed E-state index contributed by atoms with van der Waals surface area (Å²) in [6.07, 6.45) is -5.14. The van der Waals surface area contributed by atoms with Gasteiger partial charge < -0.3 is 9.47 Å². The van der Waals surface area contributed by atoms with Gasteiger partial charge in [0, 0.05) is 24.7 Å². The minimum Gasteiger partial charge on any atom is -0.431 e. The lowest BCUT2D eigenvalue weighted by molar-refractivity contribution is -0.274. The number of para-hydroxylation sites is 2. The van der Waals surface area contributed by atoms with E-state index in [0.717, 1.165) is 0 Å². The van der Waals surface area contributed by atoms with Gasteiger partial charge in [-0.05, 0) is 42.0 Å². The molecular formula is C28H21F5N6O3S.